The molecule has 4 rings (SSSR count). The summed E-state index contributed by atoms with van der Waals surface area (Å²) in [6, 6.07) is 15.5. The molecule has 5 nitrogen and oxygen atoms in total. The minimum atomic E-state index is -0.287. The van der Waals surface area contributed by atoms with E-state index in [2.05, 4.69) is 16.3 Å². The number of para-hydroxylation sites is 1. The third-order valence-corrected chi connectivity index (χ3v) is 5.52. The average Bonchev–Trinajstić information content (AvgIpc) is 2.74. The smallest absolute Gasteiger partial charge is 0.262 e. The van der Waals surface area contributed by atoms with E-state index in [-0.39, 0.29) is 11.8 Å². The molecule has 0 atom stereocenters. The number of benzene rings is 2. The van der Waals surface area contributed by atoms with Crippen LogP contribution in [0.2, 0.25) is 0 Å². The molecule has 0 aliphatic carbocycles. The van der Waals surface area contributed by atoms with Crippen molar-refractivity contribution in [2.75, 3.05) is 25.5 Å². The Hall–Kier alpha value is -2.92. The van der Waals surface area contributed by atoms with Crippen LogP contribution in [0.4, 0.5) is 5.69 Å². The Morgan fingerprint density at radius 2 is 1.57 bits per heavy atom. The highest BCUT2D eigenvalue weighted by Gasteiger charge is 2.32. The number of fused-ring (bicyclic) bond motifs is 1. The Kier molecular flexibility index (Phi) is 5.26. The van der Waals surface area contributed by atoms with Gasteiger partial charge in [-0.15, -0.1) is 0 Å². The van der Waals surface area contributed by atoms with Crippen LogP contribution in [-0.2, 0) is 11.3 Å². The average molecular weight is 375 g/mol. The molecule has 2 aliphatic heterocycles. The van der Waals surface area contributed by atoms with Gasteiger partial charge in [-0.05, 0) is 43.6 Å². The van der Waals surface area contributed by atoms with Crippen LogP contribution in [0.1, 0.15) is 40.7 Å². The largest absolute Gasteiger partial charge is 0.361 e. The van der Waals surface area contributed by atoms with Gasteiger partial charge in [-0.2, -0.15) is 0 Å². The summed E-state index contributed by atoms with van der Waals surface area (Å²) in [6.45, 7) is 3.16. The van der Waals surface area contributed by atoms with Crippen molar-refractivity contribution in [1.29, 1.82) is 0 Å². The fourth-order valence-corrected chi connectivity index (χ4v) is 3.92. The Morgan fingerprint density at radius 3 is 2.36 bits per heavy atom. The van der Waals surface area contributed by atoms with Gasteiger partial charge in [0.25, 0.3) is 11.8 Å². The lowest BCUT2D eigenvalue weighted by Crippen LogP contribution is -2.38. The number of amides is 2. The number of piperidine rings is 1. The van der Waals surface area contributed by atoms with Crippen LogP contribution in [0.15, 0.2) is 54.7 Å². The number of rotatable bonds is 4. The van der Waals surface area contributed by atoms with Crippen LogP contribution in [0.25, 0.3) is 5.57 Å². The number of anilines is 1. The van der Waals surface area contributed by atoms with Gasteiger partial charge < -0.3 is 5.32 Å². The van der Waals surface area contributed by atoms with Gasteiger partial charge in [-0.25, -0.2) is 0 Å². The standard InChI is InChI=1S/C23H25N3O2/c1-25-22(27)19-11-5-4-10-18(19)20(23(25)28)15-24-21-12-6-3-9-17(21)16-26-13-7-2-8-14-26/h3-6,9-12,15,24H,2,7-8,13-14,16H2,1H3. The molecule has 0 aromatic heterocycles. The molecule has 0 saturated carbocycles. The van der Waals surface area contributed by atoms with Crippen molar-refractivity contribution in [3.8, 4) is 0 Å². The van der Waals surface area contributed by atoms with Crippen molar-refractivity contribution in [3.63, 3.8) is 0 Å². The van der Waals surface area contributed by atoms with Crippen LogP contribution in [-0.4, -0.2) is 41.8 Å². The molecular weight excluding hydrogens is 350 g/mol. The summed E-state index contributed by atoms with van der Waals surface area (Å²) in [6.07, 6.45) is 5.56. The minimum Gasteiger partial charge on any atom is -0.361 e. The number of nitrogens with zero attached hydrogens (tertiary/aromatic N) is 2. The highest BCUT2D eigenvalue weighted by Crippen LogP contribution is 2.28. The fraction of sp³-hybridized carbons (Fsp3) is 0.304. The Labute approximate surface area is 165 Å². The third kappa shape index (κ3) is 3.58. The van der Waals surface area contributed by atoms with Gasteiger partial charge in [-0.3, -0.25) is 19.4 Å². The lowest BCUT2D eigenvalue weighted by Gasteiger charge is -2.27. The SMILES string of the molecule is CN1C(=O)C(=CNc2ccccc2CN2CCCCC2)c2ccccc2C1=O. The molecule has 1 fully saturated rings. The molecule has 0 unspecified atom stereocenters. The molecular formula is C23H25N3O2. The maximum Gasteiger partial charge on any atom is 0.262 e. The number of nitrogens with one attached hydrogen (secondary N) is 1. The Morgan fingerprint density at radius 1 is 0.893 bits per heavy atom. The summed E-state index contributed by atoms with van der Waals surface area (Å²) in [5, 5.41) is 3.33. The molecule has 144 valence electrons. The van der Waals surface area contributed by atoms with E-state index in [0.29, 0.717) is 16.7 Å². The quantitative estimate of drug-likeness (QED) is 0.653. The zero-order valence-corrected chi connectivity index (χ0v) is 16.1. The minimum absolute atomic E-state index is 0.261. The van der Waals surface area contributed by atoms with Crippen LogP contribution in [0, 0.1) is 0 Å². The van der Waals surface area contributed by atoms with Crippen molar-refractivity contribution >= 4 is 23.1 Å². The lowest BCUT2D eigenvalue weighted by atomic mass is 9.94. The van der Waals surface area contributed by atoms with Crippen molar-refractivity contribution < 1.29 is 9.59 Å². The van der Waals surface area contributed by atoms with E-state index in [4.69, 9.17) is 0 Å². The lowest BCUT2D eigenvalue weighted by molar-refractivity contribution is -0.121. The number of carbonyl (C=O) groups is 2. The van der Waals surface area contributed by atoms with Gasteiger partial charge in [0.15, 0.2) is 0 Å². The molecule has 0 spiro atoms. The molecule has 0 bridgehead atoms. The molecule has 2 aromatic rings. The molecule has 2 heterocycles. The zero-order chi connectivity index (χ0) is 19.5. The summed E-state index contributed by atoms with van der Waals surface area (Å²) in [5.41, 5.74) is 3.94. The van der Waals surface area contributed by atoms with Crippen molar-refractivity contribution in [1.82, 2.24) is 9.80 Å². The van der Waals surface area contributed by atoms with Gasteiger partial charge in [0.05, 0.1) is 5.57 Å². The summed E-state index contributed by atoms with van der Waals surface area (Å²) in [4.78, 5) is 28.7. The monoisotopic (exact) mass is 375 g/mol. The van der Waals surface area contributed by atoms with Crippen LogP contribution < -0.4 is 5.32 Å². The highest BCUT2D eigenvalue weighted by molar-refractivity contribution is 6.30. The van der Waals surface area contributed by atoms with E-state index in [0.717, 1.165) is 25.3 Å². The molecule has 5 heteroatoms. The summed E-state index contributed by atoms with van der Waals surface area (Å²) in [7, 11) is 1.53. The number of hydrogen-bond donors (Lipinski definition) is 1. The van der Waals surface area contributed by atoms with Crippen LogP contribution in [0.3, 0.4) is 0 Å². The van der Waals surface area contributed by atoms with Crippen molar-refractivity contribution in [2.24, 2.45) is 0 Å². The first-order chi connectivity index (χ1) is 13.6. The molecule has 2 aromatic carbocycles. The maximum atomic E-state index is 12.7. The van der Waals surface area contributed by atoms with Gasteiger partial charge >= 0.3 is 0 Å². The highest BCUT2D eigenvalue weighted by atomic mass is 16.2. The second kappa shape index (κ2) is 7.98. The number of hydrogen-bond acceptors (Lipinski definition) is 4. The van der Waals surface area contributed by atoms with E-state index in [9.17, 15) is 9.59 Å². The Bertz CT molecular complexity index is 929. The summed E-state index contributed by atoms with van der Waals surface area (Å²) >= 11 is 0. The fourth-order valence-electron chi connectivity index (χ4n) is 3.92. The topological polar surface area (TPSA) is 52.7 Å². The molecule has 1 N–H and O–H groups in total. The van der Waals surface area contributed by atoms with Gasteiger partial charge in [-0.1, -0.05) is 42.8 Å². The molecule has 0 radical (unpaired) electrons. The normalized spacial score (nSPS) is 19.0. The Balaban J connectivity index is 1.61. The first-order valence-electron chi connectivity index (χ1n) is 9.84. The zero-order valence-electron chi connectivity index (χ0n) is 16.1. The van der Waals surface area contributed by atoms with Crippen LogP contribution in [0.5, 0.6) is 0 Å². The van der Waals surface area contributed by atoms with Gasteiger partial charge in [0, 0.05) is 36.6 Å². The second-order valence-corrected chi connectivity index (χ2v) is 7.41. The van der Waals surface area contributed by atoms with Crippen molar-refractivity contribution in [2.45, 2.75) is 25.8 Å². The van der Waals surface area contributed by atoms with E-state index in [1.54, 1.807) is 12.3 Å². The molecule has 1 saturated heterocycles. The van der Waals surface area contributed by atoms with E-state index >= 15 is 0 Å². The number of likely N-dealkylation sites (tertiary alicyclic amines) is 1. The molecule has 2 amide bonds. The van der Waals surface area contributed by atoms with Crippen molar-refractivity contribution in [3.05, 3.63) is 71.4 Å². The maximum absolute atomic E-state index is 12.7. The third-order valence-electron chi connectivity index (χ3n) is 5.52. The van der Waals surface area contributed by atoms with E-state index in [1.165, 1.54) is 36.8 Å². The first-order valence-corrected chi connectivity index (χ1v) is 9.84. The number of carbonyl (C=O) groups excluding carboxylic acids is 2. The molecule has 2 aliphatic rings. The number of likely N-dealkylation sites (N-methyl/N-ethyl adjacent to an activating group) is 1. The van der Waals surface area contributed by atoms with E-state index in [1.807, 2.05) is 36.4 Å². The summed E-state index contributed by atoms with van der Waals surface area (Å²) in [5.74, 6) is -0.548. The predicted octanol–water partition coefficient (Wildman–Crippen LogP) is 3.74. The van der Waals surface area contributed by atoms with Crippen LogP contribution >= 0.6 is 0 Å². The predicted molar refractivity (Wildman–Crippen MR) is 111 cm³/mol. The number of imide groups is 1. The first kappa shape index (κ1) is 18.4. The van der Waals surface area contributed by atoms with Gasteiger partial charge in [0.2, 0.25) is 0 Å². The molecule has 28 heavy (non-hydrogen) atoms. The van der Waals surface area contributed by atoms with E-state index < -0.39 is 0 Å². The second-order valence-electron chi connectivity index (χ2n) is 7.41. The van der Waals surface area contributed by atoms with Gasteiger partial charge in [0.1, 0.15) is 0 Å². The summed E-state index contributed by atoms with van der Waals surface area (Å²) < 4.78 is 0.